The standard InChI is InChI=1S/C9H19NO3/c1-8(2)9(11,4-5-13-8)7(10)6-12-3/h7,11H,4-6,10H2,1-3H3. The van der Waals surface area contributed by atoms with E-state index in [2.05, 4.69) is 0 Å². The third-order valence-corrected chi connectivity index (χ3v) is 2.95. The number of nitrogens with two attached hydrogens (primary N) is 1. The molecule has 0 spiro atoms. The quantitative estimate of drug-likeness (QED) is 0.650. The van der Waals surface area contributed by atoms with Crippen LogP contribution < -0.4 is 5.73 Å². The van der Waals surface area contributed by atoms with Gasteiger partial charge >= 0.3 is 0 Å². The van der Waals surface area contributed by atoms with Gasteiger partial charge in [-0.3, -0.25) is 0 Å². The number of aliphatic hydroxyl groups is 1. The van der Waals surface area contributed by atoms with E-state index in [1.165, 1.54) is 0 Å². The summed E-state index contributed by atoms with van der Waals surface area (Å²) in [5.74, 6) is 0. The van der Waals surface area contributed by atoms with Crippen molar-refractivity contribution in [3.8, 4) is 0 Å². The zero-order valence-electron chi connectivity index (χ0n) is 8.54. The molecule has 78 valence electrons. The molecule has 1 heterocycles. The Kier molecular flexibility index (Phi) is 2.97. The Labute approximate surface area is 79.0 Å². The van der Waals surface area contributed by atoms with Gasteiger partial charge in [-0.05, 0) is 13.8 Å². The first-order valence-corrected chi connectivity index (χ1v) is 4.55. The molecular weight excluding hydrogens is 170 g/mol. The highest BCUT2D eigenvalue weighted by molar-refractivity contribution is 5.05. The lowest BCUT2D eigenvalue weighted by Gasteiger charge is -2.39. The average Bonchev–Trinajstić information content (AvgIpc) is 2.28. The SMILES string of the molecule is COCC(N)C1(O)CCOC1(C)C. The second-order valence-corrected chi connectivity index (χ2v) is 4.09. The number of hydrogen-bond acceptors (Lipinski definition) is 4. The van der Waals surface area contributed by atoms with Gasteiger partial charge in [-0.2, -0.15) is 0 Å². The van der Waals surface area contributed by atoms with Gasteiger partial charge in [0.1, 0.15) is 5.60 Å². The van der Waals surface area contributed by atoms with Crippen molar-refractivity contribution in [1.29, 1.82) is 0 Å². The highest BCUT2D eigenvalue weighted by atomic mass is 16.5. The van der Waals surface area contributed by atoms with E-state index in [9.17, 15) is 5.11 Å². The molecule has 4 heteroatoms. The molecule has 1 fully saturated rings. The third kappa shape index (κ3) is 1.72. The maximum absolute atomic E-state index is 10.3. The molecule has 0 aromatic carbocycles. The van der Waals surface area contributed by atoms with Crippen LogP contribution in [0.4, 0.5) is 0 Å². The molecular formula is C9H19NO3. The molecule has 4 nitrogen and oxygen atoms in total. The molecule has 3 N–H and O–H groups in total. The summed E-state index contributed by atoms with van der Waals surface area (Å²) >= 11 is 0. The summed E-state index contributed by atoms with van der Waals surface area (Å²) < 4.78 is 10.4. The molecule has 0 aliphatic carbocycles. The largest absolute Gasteiger partial charge is 0.385 e. The predicted octanol–water partition coefficient (Wildman–Crippen LogP) is -0.110. The van der Waals surface area contributed by atoms with Gasteiger partial charge in [0.25, 0.3) is 0 Å². The smallest absolute Gasteiger partial charge is 0.112 e. The fourth-order valence-corrected chi connectivity index (χ4v) is 1.84. The zero-order chi connectivity index (χ0) is 10.1. The third-order valence-electron chi connectivity index (χ3n) is 2.95. The predicted molar refractivity (Wildman–Crippen MR) is 49.4 cm³/mol. The zero-order valence-corrected chi connectivity index (χ0v) is 8.54. The molecule has 1 aliphatic heterocycles. The summed E-state index contributed by atoms with van der Waals surface area (Å²) in [6.07, 6.45) is 0.574. The van der Waals surface area contributed by atoms with E-state index in [1.807, 2.05) is 13.8 Å². The summed E-state index contributed by atoms with van der Waals surface area (Å²) in [5, 5.41) is 10.3. The Hall–Kier alpha value is -0.160. The van der Waals surface area contributed by atoms with E-state index in [1.54, 1.807) is 7.11 Å². The molecule has 2 atom stereocenters. The number of hydrogen-bond donors (Lipinski definition) is 2. The van der Waals surface area contributed by atoms with Crippen LogP contribution in [0.2, 0.25) is 0 Å². The normalized spacial score (nSPS) is 34.8. The van der Waals surface area contributed by atoms with Crippen LogP contribution in [0.25, 0.3) is 0 Å². The fraction of sp³-hybridized carbons (Fsp3) is 1.00. The number of rotatable bonds is 3. The molecule has 0 radical (unpaired) electrons. The lowest BCUT2D eigenvalue weighted by molar-refractivity contribution is -0.118. The van der Waals surface area contributed by atoms with Gasteiger partial charge in [-0.1, -0.05) is 0 Å². The van der Waals surface area contributed by atoms with Gasteiger partial charge in [0.05, 0.1) is 24.9 Å². The van der Waals surface area contributed by atoms with Crippen LogP contribution in [-0.2, 0) is 9.47 Å². The molecule has 0 amide bonds. The van der Waals surface area contributed by atoms with Crippen LogP contribution >= 0.6 is 0 Å². The van der Waals surface area contributed by atoms with E-state index in [0.717, 1.165) is 0 Å². The Bertz CT molecular complexity index is 184. The second kappa shape index (κ2) is 3.53. The van der Waals surface area contributed by atoms with Crippen LogP contribution in [0.5, 0.6) is 0 Å². The Balaban J connectivity index is 2.74. The average molecular weight is 189 g/mol. The van der Waals surface area contributed by atoms with Gasteiger partial charge in [0.15, 0.2) is 0 Å². The first-order valence-electron chi connectivity index (χ1n) is 4.55. The molecule has 1 aliphatic rings. The van der Waals surface area contributed by atoms with Crippen molar-refractivity contribution < 1.29 is 14.6 Å². The van der Waals surface area contributed by atoms with E-state index in [4.69, 9.17) is 15.2 Å². The van der Waals surface area contributed by atoms with Crippen molar-refractivity contribution in [1.82, 2.24) is 0 Å². The molecule has 2 unspecified atom stereocenters. The summed E-state index contributed by atoms with van der Waals surface area (Å²) in [6, 6.07) is -0.394. The van der Waals surface area contributed by atoms with Gasteiger partial charge in [-0.25, -0.2) is 0 Å². The minimum Gasteiger partial charge on any atom is -0.385 e. The van der Waals surface area contributed by atoms with Gasteiger partial charge in [0.2, 0.25) is 0 Å². The van der Waals surface area contributed by atoms with E-state index in [-0.39, 0.29) is 0 Å². The molecule has 1 saturated heterocycles. The van der Waals surface area contributed by atoms with Crippen molar-refractivity contribution in [3.63, 3.8) is 0 Å². The summed E-state index contributed by atoms with van der Waals surface area (Å²) in [6.45, 7) is 4.62. The molecule has 0 saturated carbocycles. The molecule has 13 heavy (non-hydrogen) atoms. The molecule has 0 aromatic rings. The lowest BCUT2D eigenvalue weighted by Crippen LogP contribution is -2.60. The summed E-state index contributed by atoms with van der Waals surface area (Å²) in [5.41, 5.74) is 4.30. The maximum Gasteiger partial charge on any atom is 0.112 e. The minimum atomic E-state index is -0.969. The fourth-order valence-electron chi connectivity index (χ4n) is 1.84. The van der Waals surface area contributed by atoms with Crippen LogP contribution in [0.3, 0.4) is 0 Å². The lowest BCUT2D eigenvalue weighted by atomic mass is 9.80. The summed E-state index contributed by atoms with van der Waals surface area (Å²) in [4.78, 5) is 0. The van der Waals surface area contributed by atoms with Gasteiger partial charge in [0, 0.05) is 13.5 Å². The highest BCUT2D eigenvalue weighted by Crippen LogP contribution is 2.37. The first kappa shape index (κ1) is 10.9. The monoisotopic (exact) mass is 189 g/mol. The van der Waals surface area contributed by atoms with Crippen LogP contribution in [-0.4, -0.2) is 42.7 Å². The highest BCUT2D eigenvalue weighted by Gasteiger charge is 2.52. The number of methoxy groups -OCH3 is 1. The van der Waals surface area contributed by atoms with E-state index >= 15 is 0 Å². The Morgan fingerprint density at radius 2 is 2.23 bits per heavy atom. The molecule has 0 bridgehead atoms. The minimum absolute atomic E-state index is 0.350. The molecule has 1 rings (SSSR count). The maximum atomic E-state index is 10.3. The van der Waals surface area contributed by atoms with Crippen molar-refractivity contribution in [2.75, 3.05) is 20.3 Å². The first-order chi connectivity index (χ1) is 5.94. The van der Waals surface area contributed by atoms with Crippen molar-refractivity contribution in [3.05, 3.63) is 0 Å². The van der Waals surface area contributed by atoms with Gasteiger partial charge < -0.3 is 20.3 Å². The Morgan fingerprint density at radius 3 is 2.62 bits per heavy atom. The Morgan fingerprint density at radius 1 is 1.62 bits per heavy atom. The van der Waals surface area contributed by atoms with Crippen LogP contribution in [0.15, 0.2) is 0 Å². The van der Waals surface area contributed by atoms with Crippen molar-refractivity contribution in [2.45, 2.75) is 37.5 Å². The van der Waals surface area contributed by atoms with E-state index < -0.39 is 17.2 Å². The van der Waals surface area contributed by atoms with E-state index in [0.29, 0.717) is 19.6 Å². The number of ether oxygens (including phenoxy) is 2. The molecule has 0 aromatic heterocycles. The topological polar surface area (TPSA) is 64.7 Å². The van der Waals surface area contributed by atoms with Crippen molar-refractivity contribution >= 4 is 0 Å². The summed E-state index contributed by atoms with van der Waals surface area (Å²) in [7, 11) is 1.58. The van der Waals surface area contributed by atoms with Crippen LogP contribution in [0, 0.1) is 0 Å². The van der Waals surface area contributed by atoms with Crippen LogP contribution in [0.1, 0.15) is 20.3 Å². The second-order valence-electron chi connectivity index (χ2n) is 4.09. The van der Waals surface area contributed by atoms with Crippen molar-refractivity contribution in [2.24, 2.45) is 5.73 Å². The van der Waals surface area contributed by atoms with Gasteiger partial charge in [-0.15, -0.1) is 0 Å².